The van der Waals surface area contributed by atoms with Gasteiger partial charge in [-0.25, -0.2) is 4.79 Å². The number of urea groups is 1. The maximum absolute atomic E-state index is 13.0. The molecular formula is C25H27N3O2. The van der Waals surface area contributed by atoms with Crippen LogP contribution in [0, 0.1) is 5.92 Å². The molecule has 5 heteroatoms. The largest absolute Gasteiger partial charge is 0.326 e. The summed E-state index contributed by atoms with van der Waals surface area (Å²) in [6.45, 7) is 3.81. The summed E-state index contributed by atoms with van der Waals surface area (Å²) in [5.41, 5.74) is 3.61. The Morgan fingerprint density at radius 3 is 2.03 bits per heavy atom. The maximum atomic E-state index is 13.0. The SMILES string of the molecule is CC(C)[C@@H](NC(=O)Nc1ccccc1)C(=O)Nc1ccccc1Cc1ccccc1. The highest BCUT2D eigenvalue weighted by atomic mass is 16.2. The first-order valence-electron chi connectivity index (χ1n) is 10.1. The zero-order valence-electron chi connectivity index (χ0n) is 17.3. The second kappa shape index (κ2) is 10.3. The molecule has 0 radical (unpaired) electrons. The van der Waals surface area contributed by atoms with Gasteiger partial charge in [0.2, 0.25) is 5.91 Å². The van der Waals surface area contributed by atoms with Crippen LogP contribution in [0.1, 0.15) is 25.0 Å². The standard InChI is InChI=1S/C25H27N3O2/c1-18(2)23(28-25(30)26-21-14-7-4-8-15-21)24(29)27-22-16-10-9-13-20(22)17-19-11-5-3-6-12-19/h3-16,18,23H,17H2,1-2H3,(H,27,29)(H2,26,28,30)/t23-/m1/s1. The van der Waals surface area contributed by atoms with Crippen molar-refractivity contribution in [3.8, 4) is 0 Å². The van der Waals surface area contributed by atoms with Crippen LogP contribution >= 0.6 is 0 Å². The van der Waals surface area contributed by atoms with E-state index < -0.39 is 12.1 Å². The van der Waals surface area contributed by atoms with E-state index in [1.54, 1.807) is 12.1 Å². The van der Waals surface area contributed by atoms with Crippen LogP contribution in [0.15, 0.2) is 84.9 Å². The van der Waals surface area contributed by atoms with E-state index in [1.165, 1.54) is 5.56 Å². The summed E-state index contributed by atoms with van der Waals surface area (Å²) in [6.07, 6.45) is 0.714. The molecule has 3 amide bonds. The second-order valence-corrected chi connectivity index (χ2v) is 7.49. The maximum Gasteiger partial charge on any atom is 0.319 e. The van der Waals surface area contributed by atoms with Crippen molar-refractivity contribution in [2.24, 2.45) is 5.92 Å². The highest BCUT2D eigenvalue weighted by Crippen LogP contribution is 2.20. The molecule has 0 saturated heterocycles. The molecular weight excluding hydrogens is 374 g/mol. The van der Waals surface area contributed by atoms with E-state index in [4.69, 9.17) is 0 Å². The van der Waals surface area contributed by atoms with Crippen LogP contribution in [-0.4, -0.2) is 18.0 Å². The molecule has 0 aromatic heterocycles. The van der Waals surface area contributed by atoms with Crippen LogP contribution in [0.5, 0.6) is 0 Å². The zero-order chi connectivity index (χ0) is 21.3. The van der Waals surface area contributed by atoms with Gasteiger partial charge in [-0.3, -0.25) is 4.79 Å². The number of amides is 3. The molecule has 154 valence electrons. The van der Waals surface area contributed by atoms with Crippen molar-refractivity contribution >= 4 is 23.3 Å². The van der Waals surface area contributed by atoms with E-state index in [0.717, 1.165) is 11.3 Å². The number of benzene rings is 3. The molecule has 3 N–H and O–H groups in total. The van der Waals surface area contributed by atoms with Gasteiger partial charge in [0.1, 0.15) is 6.04 Å². The van der Waals surface area contributed by atoms with Gasteiger partial charge >= 0.3 is 6.03 Å². The van der Waals surface area contributed by atoms with Crippen molar-refractivity contribution in [3.05, 3.63) is 96.1 Å². The van der Waals surface area contributed by atoms with Gasteiger partial charge in [-0.1, -0.05) is 80.6 Å². The molecule has 30 heavy (non-hydrogen) atoms. The number of nitrogens with one attached hydrogen (secondary N) is 3. The summed E-state index contributed by atoms with van der Waals surface area (Å²) in [4.78, 5) is 25.4. The molecule has 0 unspecified atom stereocenters. The van der Waals surface area contributed by atoms with Crippen LogP contribution in [0.3, 0.4) is 0 Å². The lowest BCUT2D eigenvalue weighted by Crippen LogP contribution is -2.48. The van der Waals surface area contributed by atoms with E-state index in [9.17, 15) is 9.59 Å². The molecule has 0 bridgehead atoms. The first-order chi connectivity index (χ1) is 14.5. The minimum Gasteiger partial charge on any atom is -0.326 e. The molecule has 0 aliphatic heterocycles. The Labute approximate surface area is 177 Å². The highest BCUT2D eigenvalue weighted by molar-refractivity contribution is 5.99. The molecule has 3 rings (SSSR count). The van der Waals surface area contributed by atoms with E-state index in [1.807, 2.05) is 74.5 Å². The van der Waals surface area contributed by atoms with Crippen LogP contribution in [-0.2, 0) is 11.2 Å². The van der Waals surface area contributed by atoms with Gasteiger partial charge in [-0.05, 0) is 41.7 Å². The second-order valence-electron chi connectivity index (χ2n) is 7.49. The first-order valence-corrected chi connectivity index (χ1v) is 10.1. The summed E-state index contributed by atoms with van der Waals surface area (Å²) < 4.78 is 0. The number of para-hydroxylation sites is 2. The zero-order valence-corrected chi connectivity index (χ0v) is 17.3. The fourth-order valence-electron chi connectivity index (χ4n) is 3.19. The average molecular weight is 402 g/mol. The highest BCUT2D eigenvalue weighted by Gasteiger charge is 2.25. The van der Waals surface area contributed by atoms with Gasteiger partial charge in [0.25, 0.3) is 0 Å². The summed E-state index contributed by atoms with van der Waals surface area (Å²) in [7, 11) is 0. The van der Waals surface area contributed by atoms with Crippen molar-refractivity contribution in [2.45, 2.75) is 26.3 Å². The Kier molecular flexibility index (Phi) is 7.22. The Bertz CT molecular complexity index is 972. The number of hydrogen-bond donors (Lipinski definition) is 3. The Morgan fingerprint density at radius 1 is 0.767 bits per heavy atom. The monoisotopic (exact) mass is 401 g/mol. The van der Waals surface area contributed by atoms with Crippen molar-refractivity contribution in [1.29, 1.82) is 0 Å². The molecule has 1 atom stereocenters. The molecule has 0 aliphatic rings. The van der Waals surface area contributed by atoms with Crippen molar-refractivity contribution < 1.29 is 9.59 Å². The summed E-state index contributed by atoms with van der Waals surface area (Å²) >= 11 is 0. The van der Waals surface area contributed by atoms with Crippen molar-refractivity contribution in [3.63, 3.8) is 0 Å². The third kappa shape index (κ3) is 5.95. The average Bonchev–Trinajstić information content (AvgIpc) is 2.74. The lowest BCUT2D eigenvalue weighted by Gasteiger charge is -2.23. The molecule has 3 aromatic rings. The van der Waals surface area contributed by atoms with E-state index in [0.29, 0.717) is 12.1 Å². The van der Waals surface area contributed by atoms with E-state index in [-0.39, 0.29) is 11.8 Å². The number of carbonyl (C=O) groups is 2. The summed E-state index contributed by atoms with van der Waals surface area (Å²) in [6, 6.07) is 25.9. The topological polar surface area (TPSA) is 70.2 Å². The molecule has 0 fully saturated rings. The first kappa shape index (κ1) is 21.1. The summed E-state index contributed by atoms with van der Waals surface area (Å²) in [5, 5.41) is 8.55. The predicted molar refractivity (Wildman–Crippen MR) is 122 cm³/mol. The smallest absolute Gasteiger partial charge is 0.319 e. The van der Waals surface area contributed by atoms with Crippen molar-refractivity contribution in [2.75, 3.05) is 10.6 Å². The summed E-state index contributed by atoms with van der Waals surface area (Å²) in [5.74, 6) is -0.318. The van der Waals surface area contributed by atoms with E-state index in [2.05, 4.69) is 28.1 Å². The third-order valence-electron chi connectivity index (χ3n) is 4.78. The van der Waals surface area contributed by atoms with Crippen LogP contribution < -0.4 is 16.0 Å². The molecule has 0 spiro atoms. The predicted octanol–water partition coefficient (Wildman–Crippen LogP) is 5.06. The van der Waals surface area contributed by atoms with Crippen LogP contribution in [0.2, 0.25) is 0 Å². The molecule has 3 aromatic carbocycles. The lowest BCUT2D eigenvalue weighted by molar-refractivity contribution is -0.118. The van der Waals surface area contributed by atoms with Gasteiger partial charge in [-0.2, -0.15) is 0 Å². The number of anilines is 2. The van der Waals surface area contributed by atoms with Gasteiger partial charge < -0.3 is 16.0 Å². The van der Waals surface area contributed by atoms with Crippen LogP contribution in [0.25, 0.3) is 0 Å². The quantitative estimate of drug-likeness (QED) is 0.518. The molecule has 0 heterocycles. The number of carbonyl (C=O) groups excluding carboxylic acids is 2. The van der Waals surface area contributed by atoms with Crippen LogP contribution in [0.4, 0.5) is 16.2 Å². The van der Waals surface area contributed by atoms with Gasteiger partial charge in [-0.15, -0.1) is 0 Å². The molecule has 0 saturated carbocycles. The van der Waals surface area contributed by atoms with Crippen molar-refractivity contribution in [1.82, 2.24) is 5.32 Å². The van der Waals surface area contributed by atoms with E-state index >= 15 is 0 Å². The molecule has 5 nitrogen and oxygen atoms in total. The lowest BCUT2D eigenvalue weighted by atomic mass is 10.0. The Morgan fingerprint density at radius 2 is 1.37 bits per heavy atom. The fraction of sp³-hybridized carbons (Fsp3) is 0.200. The minimum atomic E-state index is -0.668. The normalized spacial score (nSPS) is 11.6. The Balaban J connectivity index is 1.69. The van der Waals surface area contributed by atoms with Gasteiger partial charge in [0.15, 0.2) is 0 Å². The minimum absolute atomic E-state index is 0.0761. The number of hydrogen-bond acceptors (Lipinski definition) is 2. The fourth-order valence-corrected chi connectivity index (χ4v) is 3.19. The van der Waals surface area contributed by atoms with Gasteiger partial charge in [0, 0.05) is 11.4 Å². The number of rotatable bonds is 7. The molecule has 0 aliphatic carbocycles. The van der Waals surface area contributed by atoms with Gasteiger partial charge in [0.05, 0.1) is 0 Å². The third-order valence-corrected chi connectivity index (χ3v) is 4.78. The Hall–Kier alpha value is -3.60.